The van der Waals surface area contributed by atoms with E-state index in [0.29, 0.717) is 0 Å². The van der Waals surface area contributed by atoms with Gasteiger partial charge in [-0.05, 0) is 16.7 Å². The summed E-state index contributed by atoms with van der Waals surface area (Å²) in [5, 5.41) is 0. The Morgan fingerprint density at radius 2 is 1.00 bits per heavy atom. The Bertz CT molecular complexity index is 758. The number of likely N-dealkylation sites (N-methyl/N-ethyl adjacent to an activating group) is 1. The number of nitrogens with zero attached hydrogens (tertiary/aromatic N) is 1. The Hall–Kier alpha value is -2.87. The van der Waals surface area contributed by atoms with E-state index < -0.39 is 0 Å². The van der Waals surface area contributed by atoms with Crippen LogP contribution in [0.4, 0.5) is 0 Å². The molecule has 0 saturated carbocycles. The van der Waals surface area contributed by atoms with Crippen molar-refractivity contribution in [2.75, 3.05) is 14.1 Å². The first-order chi connectivity index (χ1) is 12.2. The third-order valence-corrected chi connectivity index (χ3v) is 4.52. The van der Waals surface area contributed by atoms with E-state index in [0.717, 1.165) is 16.7 Å². The Kier molecular flexibility index (Phi) is 5.30. The first kappa shape index (κ1) is 17.0. The Morgan fingerprint density at radius 3 is 1.36 bits per heavy atom. The molecular weight excluding hydrogens is 306 g/mol. The predicted octanol–water partition coefficient (Wildman–Crippen LogP) is 4.69. The van der Waals surface area contributed by atoms with Crippen LogP contribution in [0.3, 0.4) is 0 Å². The fraction of sp³-hybridized carbons (Fsp3) is 0.174. The molecule has 2 heteroatoms. The average molecular weight is 329 g/mol. The van der Waals surface area contributed by atoms with E-state index in [4.69, 9.17) is 0 Å². The number of hydrogen-bond acceptors (Lipinski definition) is 1. The Balaban J connectivity index is 2.18. The molecule has 0 saturated heterocycles. The fourth-order valence-corrected chi connectivity index (χ4v) is 3.31. The van der Waals surface area contributed by atoms with Crippen LogP contribution in [0, 0.1) is 0 Å². The smallest absolute Gasteiger partial charge is 0.230 e. The van der Waals surface area contributed by atoms with Gasteiger partial charge in [-0.2, -0.15) is 0 Å². The van der Waals surface area contributed by atoms with Gasteiger partial charge in [0.15, 0.2) is 0 Å². The monoisotopic (exact) mass is 329 g/mol. The molecule has 3 aromatic carbocycles. The molecular formula is C23H23NO. The molecule has 1 amide bonds. The second kappa shape index (κ2) is 7.80. The minimum absolute atomic E-state index is 0.0281. The molecule has 1 unspecified atom stereocenters. The van der Waals surface area contributed by atoms with Crippen LogP contribution in [0.1, 0.15) is 28.5 Å². The molecule has 0 N–H and O–H groups in total. The van der Waals surface area contributed by atoms with Crippen molar-refractivity contribution in [2.45, 2.75) is 11.8 Å². The highest BCUT2D eigenvalue weighted by Crippen LogP contribution is 2.39. The van der Waals surface area contributed by atoms with Crippen molar-refractivity contribution < 1.29 is 4.79 Å². The highest BCUT2D eigenvalue weighted by molar-refractivity contribution is 5.85. The standard InChI is InChI=1S/C23H23NO/c1-24(2)23(25)22(20-16-10-5-11-17-20)21(18-12-6-3-7-13-18)19-14-8-4-9-15-19/h3-17,21-22H,1-2H3. The molecule has 0 aromatic heterocycles. The molecule has 25 heavy (non-hydrogen) atoms. The van der Waals surface area contributed by atoms with Crippen LogP contribution in [-0.2, 0) is 4.79 Å². The van der Waals surface area contributed by atoms with Gasteiger partial charge in [-0.15, -0.1) is 0 Å². The van der Waals surface area contributed by atoms with Crippen LogP contribution in [0.2, 0.25) is 0 Å². The van der Waals surface area contributed by atoms with Gasteiger partial charge in [-0.25, -0.2) is 0 Å². The number of hydrogen-bond donors (Lipinski definition) is 0. The van der Waals surface area contributed by atoms with Gasteiger partial charge in [0.05, 0.1) is 5.92 Å². The lowest BCUT2D eigenvalue weighted by molar-refractivity contribution is -0.130. The van der Waals surface area contributed by atoms with E-state index in [1.54, 1.807) is 4.90 Å². The molecule has 0 fully saturated rings. The Morgan fingerprint density at radius 1 is 0.640 bits per heavy atom. The van der Waals surface area contributed by atoms with Gasteiger partial charge < -0.3 is 4.90 Å². The van der Waals surface area contributed by atoms with Crippen LogP contribution in [0.5, 0.6) is 0 Å². The molecule has 0 heterocycles. The molecule has 1 atom stereocenters. The molecule has 2 nitrogen and oxygen atoms in total. The van der Waals surface area contributed by atoms with Crippen molar-refractivity contribution >= 4 is 5.91 Å². The van der Waals surface area contributed by atoms with Gasteiger partial charge in [-0.1, -0.05) is 91.0 Å². The number of rotatable bonds is 5. The molecule has 126 valence electrons. The number of amides is 1. The van der Waals surface area contributed by atoms with Gasteiger partial charge in [0.1, 0.15) is 0 Å². The maximum absolute atomic E-state index is 13.2. The van der Waals surface area contributed by atoms with E-state index in [-0.39, 0.29) is 17.7 Å². The average Bonchev–Trinajstić information content (AvgIpc) is 2.67. The maximum Gasteiger partial charge on any atom is 0.230 e. The van der Waals surface area contributed by atoms with Crippen LogP contribution in [0.25, 0.3) is 0 Å². The Labute approximate surface area is 149 Å². The van der Waals surface area contributed by atoms with Crippen molar-refractivity contribution in [3.05, 3.63) is 108 Å². The second-order valence-electron chi connectivity index (χ2n) is 6.42. The van der Waals surface area contributed by atoms with Gasteiger partial charge in [0.25, 0.3) is 0 Å². The molecule has 3 rings (SSSR count). The van der Waals surface area contributed by atoms with Crippen LogP contribution in [0.15, 0.2) is 91.0 Å². The third-order valence-electron chi connectivity index (χ3n) is 4.52. The first-order valence-electron chi connectivity index (χ1n) is 8.54. The summed E-state index contributed by atoms with van der Waals surface area (Å²) in [5.74, 6) is -0.176. The van der Waals surface area contributed by atoms with E-state index in [1.807, 2.05) is 80.8 Å². The minimum Gasteiger partial charge on any atom is -0.348 e. The molecule has 0 aliphatic carbocycles. The van der Waals surface area contributed by atoms with Crippen molar-refractivity contribution in [1.29, 1.82) is 0 Å². The summed E-state index contributed by atoms with van der Waals surface area (Å²) in [6, 6.07) is 30.7. The first-order valence-corrected chi connectivity index (χ1v) is 8.54. The lowest BCUT2D eigenvalue weighted by atomic mass is 9.76. The van der Waals surface area contributed by atoms with Crippen molar-refractivity contribution in [1.82, 2.24) is 4.90 Å². The zero-order chi connectivity index (χ0) is 17.6. The quantitative estimate of drug-likeness (QED) is 0.665. The van der Waals surface area contributed by atoms with Crippen molar-refractivity contribution in [2.24, 2.45) is 0 Å². The molecule has 3 aromatic rings. The molecule has 0 spiro atoms. The van der Waals surface area contributed by atoms with E-state index in [1.165, 1.54) is 0 Å². The van der Waals surface area contributed by atoms with Crippen molar-refractivity contribution in [3.63, 3.8) is 0 Å². The molecule has 0 aliphatic rings. The third kappa shape index (κ3) is 3.80. The second-order valence-corrected chi connectivity index (χ2v) is 6.42. The summed E-state index contributed by atoms with van der Waals surface area (Å²) < 4.78 is 0. The maximum atomic E-state index is 13.2. The van der Waals surface area contributed by atoms with Crippen LogP contribution >= 0.6 is 0 Å². The van der Waals surface area contributed by atoms with Crippen LogP contribution < -0.4 is 0 Å². The van der Waals surface area contributed by atoms with E-state index in [2.05, 4.69) is 24.3 Å². The topological polar surface area (TPSA) is 20.3 Å². The molecule has 0 aliphatic heterocycles. The van der Waals surface area contributed by atoms with E-state index in [9.17, 15) is 4.79 Å². The summed E-state index contributed by atoms with van der Waals surface area (Å²) in [7, 11) is 3.65. The van der Waals surface area contributed by atoms with Gasteiger partial charge >= 0.3 is 0 Å². The minimum atomic E-state index is -0.263. The summed E-state index contributed by atoms with van der Waals surface area (Å²) >= 11 is 0. The number of carbonyl (C=O) groups excluding carboxylic acids is 1. The summed E-state index contributed by atoms with van der Waals surface area (Å²) in [4.78, 5) is 14.8. The lowest BCUT2D eigenvalue weighted by Gasteiger charge is -2.30. The predicted molar refractivity (Wildman–Crippen MR) is 103 cm³/mol. The normalized spacial score (nSPS) is 12.0. The van der Waals surface area contributed by atoms with Crippen molar-refractivity contribution in [3.8, 4) is 0 Å². The molecule has 0 radical (unpaired) electrons. The van der Waals surface area contributed by atoms with Gasteiger partial charge in [-0.3, -0.25) is 4.79 Å². The zero-order valence-corrected chi connectivity index (χ0v) is 14.7. The molecule has 0 bridgehead atoms. The highest BCUT2D eigenvalue weighted by Gasteiger charge is 2.33. The largest absolute Gasteiger partial charge is 0.348 e. The number of carbonyl (C=O) groups is 1. The highest BCUT2D eigenvalue weighted by atomic mass is 16.2. The van der Waals surface area contributed by atoms with Crippen LogP contribution in [-0.4, -0.2) is 24.9 Å². The number of benzene rings is 3. The summed E-state index contributed by atoms with van der Waals surface area (Å²) in [6.07, 6.45) is 0. The summed E-state index contributed by atoms with van der Waals surface area (Å²) in [6.45, 7) is 0. The SMILES string of the molecule is CN(C)C(=O)C(c1ccccc1)C(c1ccccc1)c1ccccc1. The summed E-state index contributed by atoms with van der Waals surface area (Å²) in [5.41, 5.74) is 3.34. The zero-order valence-electron chi connectivity index (χ0n) is 14.7. The van der Waals surface area contributed by atoms with Gasteiger partial charge in [0.2, 0.25) is 5.91 Å². The van der Waals surface area contributed by atoms with E-state index >= 15 is 0 Å². The van der Waals surface area contributed by atoms with Gasteiger partial charge in [0, 0.05) is 20.0 Å². The lowest BCUT2D eigenvalue weighted by Crippen LogP contribution is -2.32. The fourth-order valence-electron chi connectivity index (χ4n) is 3.31.